The van der Waals surface area contributed by atoms with E-state index in [1.54, 1.807) is 23.1 Å². The fourth-order valence-electron chi connectivity index (χ4n) is 6.19. The molecule has 2 fully saturated rings. The molecule has 3 heterocycles. The molecule has 3 aromatic carbocycles. The second kappa shape index (κ2) is 13.1. The first-order chi connectivity index (χ1) is 22.8. The van der Waals surface area contributed by atoms with E-state index < -0.39 is 6.04 Å². The molecule has 1 aliphatic carbocycles. The zero-order chi connectivity index (χ0) is 32.5. The largest absolute Gasteiger partial charge is 0.493 e. The number of rotatable bonds is 4. The van der Waals surface area contributed by atoms with Gasteiger partial charge in [-0.15, -0.1) is 0 Å². The van der Waals surface area contributed by atoms with Crippen LogP contribution in [-0.2, 0) is 16.1 Å². The van der Waals surface area contributed by atoms with Gasteiger partial charge in [-0.3, -0.25) is 14.4 Å². The minimum atomic E-state index is -0.459. The number of ether oxygens (including phenoxy) is 3. The Morgan fingerprint density at radius 2 is 1.87 bits per heavy atom. The predicted molar refractivity (Wildman–Crippen MR) is 175 cm³/mol. The number of furan rings is 1. The number of piperidine rings is 1. The number of amides is 3. The molecule has 2 aliphatic heterocycles. The molecule has 7 rings (SSSR count). The van der Waals surface area contributed by atoms with E-state index in [4.69, 9.17) is 18.6 Å². The van der Waals surface area contributed by atoms with Crippen LogP contribution in [0.25, 0.3) is 11.0 Å². The molecule has 4 bridgehead atoms. The molecule has 1 saturated carbocycles. The third-order valence-electron chi connectivity index (χ3n) is 9.03. The first-order valence-electron chi connectivity index (χ1n) is 16.3. The van der Waals surface area contributed by atoms with Gasteiger partial charge in [-0.1, -0.05) is 23.8 Å². The molecule has 4 aromatic rings. The Hall–Kier alpha value is -4.83. The molecule has 0 radical (unpaired) electrons. The molecule has 3 aliphatic rings. The van der Waals surface area contributed by atoms with Crippen LogP contribution in [-0.4, -0.2) is 61.0 Å². The number of nitrogens with one attached hydrogen (secondary N) is 2. The lowest BCUT2D eigenvalue weighted by Crippen LogP contribution is -2.57. The van der Waals surface area contributed by atoms with Crippen molar-refractivity contribution in [2.45, 2.75) is 58.3 Å². The molecule has 47 heavy (non-hydrogen) atoms. The summed E-state index contributed by atoms with van der Waals surface area (Å²) in [4.78, 5) is 41.8. The molecule has 2 N–H and O–H groups in total. The number of benzene rings is 3. The van der Waals surface area contributed by atoms with Crippen molar-refractivity contribution in [2.24, 2.45) is 5.92 Å². The highest BCUT2D eigenvalue weighted by atomic mass is 16.5. The monoisotopic (exact) mass is 637 g/mol. The van der Waals surface area contributed by atoms with Crippen molar-refractivity contribution >= 4 is 28.7 Å². The van der Waals surface area contributed by atoms with Crippen LogP contribution in [0.15, 0.2) is 65.1 Å². The molecule has 0 unspecified atom stereocenters. The Balaban J connectivity index is 1.11. The Morgan fingerprint density at radius 1 is 1.00 bits per heavy atom. The van der Waals surface area contributed by atoms with Crippen LogP contribution in [0.2, 0.25) is 0 Å². The third-order valence-corrected chi connectivity index (χ3v) is 9.03. The molecule has 2 atom stereocenters. The summed E-state index contributed by atoms with van der Waals surface area (Å²) in [6.07, 6.45) is 2.55. The van der Waals surface area contributed by atoms with Gasteiger partial charge in [0.25, 0.3) is 11.8 Å². The molecule has 10 heteroatoms. The molecule has 244 valence electrons. The van der Waals surface area contributed by atoms with E-state index in [0.717, 1.165) is 34.9 Å². The zero-order valence-electron chi connectivity index (χ0n) is 26.7. The smallest absolute Gasteiger partial charge is 0.289 e. The first kappa shape index (κ1) is 30.8. The number of nitrogens with zero attached hydrogens (tertiary/aromatic N) is 1. The van der Waals surface area contributed by atoms with Crippen molar-refractivity contribution in [1.29, 1.82) is 0 Å². The lowest BCUT2D eigenvalue weighted by Gasteiger charge is -2.38. The quantitative estimate of drug-likeness (QED) is 0.296. The van der Waals surface area contributed by atoms with Gasteiger partial charge in [0.2, 0.25) is 5.91 Å². The topological polar surface area (TPSA) is 119 Å². The van der Waals surface area contributed by atoms with Gasteiger partial charge in [-0.2, -0.15) is 0 Å². The Kier molecular flexibility index (Phi) is 8.60. The maximum Gasteiger partial charge on any atom is 0.289 e. The zero-order valence-corrected chi connectivity index (χ0v) is 26.7. The summed E-state index contributed by atoms with van der Waals surface area (Å²) in [7, 11) is 0. The molecular formula is C37H39N3O7. The summed E-state index contributed by atoms with van der Waals surface area (Å²) in [6.45, 7) is 5.64. The van der Waals surface area contributed by atoms with E-state index in [0.29, 0.717) is 66.3 Å². The minimum absolute atomic E-state index is 0.0624. The van der Waals surface area contributed by atoms with Crippen molar-refractivity contribution in [3.05, 3.63) is 88.7 Å². The summed E-state index contributed by atoms with van der Waals surface area (Å²) in [5, 5.41) is 6.85. The molecule has 0 spiro atoms. The molecule has 1 aromatic heterocycles. The first-order valence-corrected chi connectivity index (χ1v) is 16.3. The number of fused-ring (bicyclic) bond motifs is 6. The Bertz CT molecular complexity index is 1830. The van der Waals surface area contributed by atoms with Crippen LogP contribution in [0.5, 0.6) is 17.2 Å². The van der Waals surface area contributed by atoms with Crippen molar-refractivity contribution in [1.82, 2.24) is 15.5 Å². The highest BCUT2D eigenvalue weighted by Gasteiger charge is 2.35. The normalized spacial score (nSPS) is 20.4. The van der Waals surface area contributed by atoms with E-state index in [-0.39, 0.29) is 43.3 Å². The van der Waals surface area contributed by atoms with Gasteiger partial charge in [0.05, 0.1) is 25.4 Å². The second-order valence-corrected chi connectivity index (χ2v) is 12.8. The highest BCUT2D eigenvalue weighted by Crippen LogP contribution is 2.33. The molecule has 1 saturated heterocycles. The van der Waals surface area contributed by atoms with Crippen molar-refractivity contribution in [3.8, 4) is 17.2 Å². The summed E-state index contributed by atoms with van der Waals surface area (Å²) in [5.41, 5.74) is 3.84. The lowest BCUT2D eigenvalue weighted by atomic mass is 10.0. The number of aryl methyl sites for hydroxylation is 2. The lowest BCUT2D eigenvalue weighted by molar-refractivity contribution is -0.124. The van der Waals surface area contributed by atoms with Crippen LogP contribution >= 0.6 is 0 Å². The Morgan fingerprint density at radius 3 is 2.72 bits per heavy atom. The van der Waals surface area contributed by atoms with E-state index in [9.17, 15) is 14.4 Å². The van der Waals surface area contributed by atoms with Crippen molar-refractivity contribution in [3.63, 3.8) is 0 Å². The molecule has 10 nitrogen and oxygen atoms in total. The Labute approximate surface area is 273 Å². The fraction of sp³-hybridized carbons (Fsp3) is 0.378. The van der Waals surface area contributed by atoms with E-state index in [1.165, 1.54) is 0 Å². The summed E-state index contributed by atoms with van der Waals surface area (Å²) in [5.74, 6) is 1.71. The average molecular weight is 638 g/mol. The molecule has 3 amide bonds. The highest BCUT2D eigenvalue weighted by molar-refractivity contribution is 5.99. The average Bonchev–Trinajstić information content (AvgIpc) is 3.84. The number of carbonyl (C=O) groups excluding carboxylic acids is 3. The van der Waals surface area contributed by atoms with Gasteiger partial charge in [0.1, 0.15) is 22.8 Å². The standard InChI is InChI=1S/C37H39N3O7/c1-22-6-9-32-30(14-22)23(2)35(47-32)37(43)40-13-11-33-31(19-40)39-34(41)10-12-38-36(42)26-16-28(44-20-24-7-8-24)18-29(17-26)46-27-5-3-4-25(15-27)21-45-33/h3-6,9,14-18,24,31,33H,7-8,10-13,19-21H2,1-2H3,(H,38,42)(H,39,41)/t31-,33+/m0/s1. The van der Waals surface area contributed by atoms with Gasteiger partial charge < -0.3 is 34.2 Å². The van der Waals surface area contributed by atoms with Crippen LogP contribution in [0.1, 0.15) is 63.3 Å². The van der Waals surface area contributed by atoms with E-state index in [1.807, 2.05) is 56.3 Å². The maximum absolute atomic E-state index is 13.7. The maximum atomic E-state index is 13.7. The van der Waals surface area contributed by atoms with Gasteiger partial charge in [-0.05, 0) is 81.0 Å². The van der Waals surface area contributed by atoms with Crippen LogP contribution in [0.4, 0.5) is 0 Å². The van der Waals surface area contributed by atoms with Crippen molar-refractivity contribution < 1.29 is 33.0 Å². The van der Waals surface area contributed by atoms with Crippen LogP contribution < -0.4 is 20.1 Å². The van der Waals surface area contributed by atoms with E-state index >= 15 is 0 Å². The van der Waals surface area contributed by atoms with Gasteiger partial charge in [-0.25, -0.2) is 0 Å². The molecular weight excluding hydrogens is 598 g/mol. The number of carbonyl (C=O) groups is 3. The van der Waals surface area contributed by atoms with Gasteiger partial charge in [0, 0.05) is 48.6 Å². The third kappa shape index (κ3) is 7.12. The van der Waals surface area contributed by atoms with Gasteiger partial charge >= 0.3 is 0 Å². The van der Waals surface area contributed by atoms with Gasteiger partial charge in [0.15, 0.2) is 5.76 Å². The number of hydrogen-bond donors (Lipinski definition) is 2. The number of likely N-dealkylation sites (tertiary alicyclic amines) is 1. The SMILES string of the molecule is Cc1ccc2oc(C(=O)N3CC[C@H]4OCc5cccc(c5)Oc5cc(OCC6CC6)cc(c5)C(=O)NCCC(=O)N[C@H]4C3)c(C)c2c1. The van der Waals surface area contributed by atoms with Crippen molar-refractivity contribution in [2.75, 3.05) is 26.2 Å². The van der Waals surface area contributed by atoms with Crippen LogP contribution in [0.3, 0.4) is 0 Å². The summed E-state index contributed by atoms with van der Waals surface area (Å²) >= 11 is 0. The minimum Gasteiger partial charge on any atom is -0.493 e. The second-order valence-electron chi connectivity index (χ2n) is 12.8. The van der Waals surface area contributed by atoms with E-state index in [2.05, 4.69) is 10.6 Å². The predicted octanol–water partition coefficient (Wildman–Crippen LogP) is 5.68. The summed E-state index contributed by atoms with van der Waals surface area (Å²) < 4.78 is 24.6. The fourth-order valence-corrected chi connectivity index (χ4v) is 6.19. The van der Waals surface area contributed by atoms with Crippen LogP contribution in [0, 0.1) is 19.8 Å². The number of hydrogen-bond acceptors (Lipinski definition) is 7. The summed E-state index contributed by atoms with van der Waals surface area (Å²) in [6, 6.07) is 18.2.